The van der Waals surface area contributed by atoms with E-state index in [0.29, 0.717) is 26.2 Å². The Morgan fingerprint density at radius 2 is 1.59 bits per heavy atom. The number of benzene rings is 1. The van der Waals surface area contributed by atoms with Gasteiger partial charge in [0.1, 0.15) is 0 Å². The molecule has 0 saturated heterocycles. The van der Waals surface area contributed by atoms with Crippen molar-refractivity contribution in [3.05, 3.63) is 34.7 Å². The van der Waals surface area contributed by atoms with Gasteiger partial charge in [-0.15, -0.1) is 0 Å². The van der Waals surface area contributed by atoms with Gasteiger partial charge >= 0.3 is 5.69 Å². The second kappa shape index (κ2) is 10.3. The molecule has 0 unspecified atom stereocenters. The minimum Gasteiger partial charge on any atom is -0.354 e. The maximum Gasteiger partial charge on any atom is 0.329 e. The third-order valence-electron chi connectivity index (χ3n) is 5.66. The molecule has 1 fully saturated rings. The van der Waals surface area contributed by atoms with Gasteiger partial charge in [-0.1, -0.05) is 38.3 Å². The molecule has 158 valence electrons. The van der Waals surface area contributed by atoms with Crippen LogP contribution in [0.3, 0.4) is 0 Å². The van der Waals surface area contributed by atoms with Crippen LogP contribution in [0.1, 0.15) is 51.9 Å². The molecule has 1 saturated carbocycles. The van der Waals surface area contributed by atoms with Crippen LogP contribution in [0, 0.1) is 5.92 Å². The van der Waals surface area contributed by atoms with Crippen molar-refractivity contribution in [3.63, 3.8) is 0 Å². The molecule has 2 aromatic rings. The van der Waals surface area contributed by atoms with Gasteiger partial charge in [-0.2, -0.15) is 0 Å². The number of hydrogen-bond donors (Lipinski definition) is 2. The maximum atomic E-state index is 12.7. The highest BCUT2D eigenvalue weighted by Crippen LogP contribution is 2.23. The molecule has 0 bridgehead atoms. The number of carbonyl (C=O) groups excluding carboxylic acids is 2. The Labute approximate surface area is 171 Å². The van der Waals surface area contributed by atoms with Gasteiger partial charge in [0.15, 0.2) is 0 Å². The fourth-order valence-electron chi connectivity index (χ4n) is 4.13. The van der Waals surface area contributed by atoms with Crippen molar-refractivity contribution in [2.45, 2.75) is 65.0 Å². The number of nitrogens with one attached hydrogen (secondary N) is 2. The number of hydrogen-bond acceptors (Lipinski definition) is 3. The predicted molar refractivity (Wildman–Crippen MR) is 114 cm³/mol. The SMILES string of the molecule is CCCn1c(=O)n(CCC(=O)NCCNC(=O)C2CCCCC2)c2ccccc21. The maximum absolute atomic E-state index is 12.7. The molecule has 2 N–H and O–H groups in total. The van der Waals surface area contributed by atoms with Gasteiger partial charge in [-0.3, -0.25) is 18.7 Å². The molecule has 7 heteroatoms. The topological polar surface area (TPSA) is 85.1 Å². The zero-order chi connectivity index (χ0) is 20.6. The summed E-state index contributed by atoms with van der Waals surface area (Å²) >= 11 is 0. The fraction of sp³-hybridized carbons (Fsp3) is 0.591. The molecule has 0 radical (unpaired) electrons. The van der Waals surface area contributed by atoms with Crippen molar-refractivity contribution in [3.8, 4) is 0 Å². The number of imidazole rings is 1. The fourth-order valence-corrected chi connectivity index (χ4v) is 4.13. The number of fused-ring (bicyclic) bond motifs is 1. The number of aryl methyl sites for hydroxylation is 2. The third-order valence-corrected chi connectivity index (χ3v) is 5.66. The van der Waals surface area contributed by atoms with Gasteiger partial charge < -0.3 is 10.6 Å². The van der Waals surface area contributed by atoms with Crippen LogP contribution in [-0.2, 0) is 22.7 Å². The molecule has 1 aliphatic rings. The van der Waals surface area contributed by atoms with Crippen molar-refractivity contribution in [1.29, 1.82) is 0 Å². The van der Waals surface area contributed by atoms with Crippen molar-refractivity contribution < 1.29 is 9.59 Å². The van der Waals surface area contributed by atoms with E-state index in [2.05, 4.69) is 10.6 Å². The molecular weight excluding hydrogens is 368 g/mol. The van der Waals surface area contributed by atoms with Crippen LogP contribution in [-0.4, -0.2) is 34.0 Å². The van der Waals surface area contributed by atoms with E-state index in [1.54, 1.807) is 9.13 Å². The Balaban J connectivity index is 1.47. The smallest absolute Gasteiger partial charge is 0.329 e. The number of nitrogens with zero attached hydrogens (tertiary/aromatic N) is 2. The van der Waals surface area contributed by atoms with Gasteiger partial charge in [-0.05, 0) is 31.4 Å². The Hall–Kier alpha value is -2.57. The third kappa shape index (κ3) is 5.28. The largest absolute Gasteiger partial charge is 0.354 e. The lowest BCUT2D eigenvalue weighted by Gasteiger charge is -2.20. The van der Waals surface area contributed by atoms with Gasteiger partial charge in [0.05, 0.1) is 11.0 Å². The average Bonchev–Trinajstić information content (AvgIpc) is 3.01. The van der Waals surface area contributed by atoms with Crippen LogP contribution >= 0.6 is 0 Å². The van der Waals surface area contributed by atoms with Crippen LogP contribution in [0.5, 0.6) is 0 Å². The van der Waals surface area contributed by atoms with Gasteiger partial charge in [0, 0.05) is 38.5 Å². The molecule has 1 aliphatic carbocycles. The number of carbonyl (C=O) groups is 2. The predicted octanol–water partition coefficient (Wildman–Crippen LogP) is 2.42. The average molecular weight is 401 g/mol. The zero-order valence-electron chi connectivity index (χ0n) is 17.3. The molecule has 2 amide bonds. The highest BCUT2D eigenvalue weighted by Gasteiger charge is 2.20. The Morgan fingerprint density at radius 1 is 0.966 bits per heavy atom. The van der Waals surface area contributed by atoms with E-state index in [4.69, 9.17) is 0 Å². The molecule has 0 atom stereocenters. The first-order valence-electron chi connectivity index (χ1n) is 10.8. The Bertz CT molecular complexity index is 893. The summed E-state index contributed by atoms with van der Waals surface area (Å²) in [6.07, 6.45) is 6.53. The summed E-state index contributed by atoms with van der Waals surface area (Å²) in [4.78, 5) is 37.0. The van der Waals surface area contributed by atoms with Gasteiger partial charge in [-0.25, -0.2) is 4.79 Å². The summed E-state index contributed by atoms with van der Waals surface area (Å²) in [6, 6.07) is 7.69. The number of aromatic nitrogens is 2. The summed E-state index contributed by atoms with van der Waals surface area (Å²) in [5, 5.41) is 5.75. The van der Waals surface area contributed by atoms with Crippen molar-refractivity contribution in [2.75, 3.05) is 13.1 Å². The lowest BCUT2D eigenvalue weighted by molar-refractivity contribution is -0.126. The summed E-state index contributed by atoms with van der Waals surface area (Å²) in [5.74, 6) is 0.122. The second-order valence-electron chi connectivity index (χ2n) is 7.80. The van der Waals surface area contributed by atoms with E-state index in [0.717, 1.165) is 43.1 Å². The van der Waals surface area contributed by atoms with E-state index >= 15 is 0 Å². The minimum absolute atomic E-state index is 0.0689. The monoisotopic (exact) mass is 400 g/mol. The Kier molecular flexibility index (Phi) is 7.49. The van der Waals surface area contributed by atoms with Gasteiger partial charge in [0.2, 0.25) is 11.8 Å². The van der Waals surface area contributed by atoms with Crippen molar-refractivity contribution in [1.82, 2.24) is 19.8 Å². The molecule has 0 spiro atoms. The van der Waals surface area contributed by atoms with Crippen molar-refractivity contribution in [2.24, 2.45) is 5.92 Å². The van der Waals surface area contributed by atoms with Crippen molar-refractivity contribution >= 4 is 22.8 Å². The van der Waals surface area contributed by atoms with Crippen LogP contribution in [0.2, 0.25) is 0 Å². The highest BCUT2D eigenvalue weighted by molar-refractivity contribution is 5.79. The molecule has 29 heavy (non-hydrogen) atoms. The highest BCUT2D eigenvalue weighted by atomic mass is 16.2. The molecule has 1 heterocycles. The van der Waals surface area contributed by atoms with E-state index in [-0.39, 0.29) is 29.8 Å². The van der Waals surface area contributed by atoms with Crippen LogP contribution < -0.4 is 16.3 Å². The molecule has 1 aromatic heterocycles. The molecule has 1 aromatic carbocycles. The quantitative estimate of drug-likeness (QED) is 0.634. The molecular formula is C22H32N4O3. The van der Waals surface area contributed by atoms with E-state index < -0.39 is 0 Å². The summed E-state index contributed by atoms with van der Waals surface area (Å²) in [7, 11) is 0. The summed E-state index contributed by atoms with van der Waals surface area (Å²) in [5.41, 5.74) is 1.70. The first kappa shape index (κ1) is 21.1. The number of para-hydroxylation sites is 2. The molecule has 0 aliphatic heterocycles. The number of amides is 2. The summed E-state index contributed by atoms with van der Waals surface area (Å²) in [6.45, 7) is 3.90. The first-order valence-corrected chi connectivity index (χ1v) is 10.8. The lowest BCUT2D eigenvalue weighted by atomic mass is 9.89. The van der Waals surface area contributed by atoms with E-state index in [9.17, 15) is 14.4 Å². The van der Waals surface area contributed by atoms with E-state index in [1.165, 1.54) is 6.42 Å². The van der Waals surface area contributed by atoms with Crippen LogP contribution in [0.25, 0.3) is 11.0 Å². The van der Waals surface area contributed by atoms with Crippen LogP contribution in [0.4, 0.5) is 0 Å². The normalized spacial score (nSPS) is 14.8. The second-order valence-corrected chi connectivity index (χ2v) is 7.80. The first-order chi connectivity index (χ1) is 14.1. The standard InChI is InChI=1S/C22H32N4O3/c1-2-15-25-18-10-6-7-11-19(18)26(22(25)29)16-12-20(27)23-13-14-24-21(28)17-8-4-3-5-9-17/h6-7,10-11,17H,2-5,8-9,12-16H2,1H3,(H,23,27)(H,24,28). The van der Waals surface area contributed by atoms with Crippen LogP contribution in [0.15, 0.2) is 29.1 Å². The molecule has 7 nitrogen and oxygen atoms in total. The lowest BCUT2D eigenvalue weighted by Crippen LogP contribution is -2.38. The van der Waals surface area contributed by atoms with Gasteiger partial charge in [0.25, 0.3) is 0 Å². The Morgan fingerprint density at radius 3 is 2.24 bits per heavy atom. The molecule has 3 rings (SSSR count). The van der Waals surface area contributed by atoms with E-state index in [1.807, 2.05) is 31.2 Å². The summed E-state index contributed by atoms with van der Waals surface area (Å²) < 4.78 is 3.45. The minimum atomic E-state index is -0.115. The zero-order valence-corrected chi connectivity index (χ0v) is 17.3. The number of rotatable bonds is 9.